The molecule has 6 heteroatoms. The lowest BCUT2D eigenvalue weighted by atomic mass is 10.0. The molecule has 1 fully saturated rings. The molecule has 0 spiro atoms. The van der Waals surface area contributed by atoms with Crippen molar-refractivity contribution in [2.24, 2.45) is 5.92 Å². The fourth-order valence-electron chi connectivity index (χ4n) is 2.99. The third-order valence-corrected chi connectivity index (χ3v) is 4.32. The van der Waals surface area contributed by atoms with Gasteiger partial charge in [-0.15, -0.1) is 0 Å². The maximum absolute atomic E-state index is 12.9. The summed E-state index contributed by atoms with van der Waals surface area (Å²) in [5, 5.41) is 2.81. The van der Waals surface area contributed by atoms with E-state index in [-0.39, 0.29) is 36.9 Å². The Morgan fingerprint density at radius 2 is 2.00 bits per heavy atom. The lowest BCUT2D eigenvalue weighted by molar-refractivity contribution is -0.140. The van der Waals surface area contributed by atoms with E-state index in [4.69, 9.17) is 9.15 Å². The van der Waals surface area contributed by atoms with Gasteiger partial charge >= 0.3 is 0 Å². The first-order valence-electron chi connectivity index (χ1n) is 8.41. The van der Waals surface area contributed by atoms with Crippen LogP contribution in [0.3, 0.4) is 0 Å². The molecule has 0 radical (unpaired) electrons. The van der Waals surface area contributed by atoms with Crippen LogP contribution in [-0.4, -0.2) is 36.0 Å². The topological polar surface area (TPSA) is 71.8 Å². The van der Waals surface area contributed by atoms with Crippen molar-refractivity contribution in [3.63, 3.8) is 0 Å². The number of hydrogen-bond acceptors (Lipinski definition) is 4. The van der Waals surface area contributed by atoms with Crippen LogP contribution < -0.4 is 5.32 Å². The summed E-state index contributed by atoms with van der Waals surface area (Å²) < 4.78 is 10.8. The Labute approximate surface area is 146 Å². The van der Waals surface area contributed by atoms with Gasteiger partial charge in [0.2, 0.25) is 11.8 Å². The second kappa shape index (κ2) is 7.98. The summed E-state index contributed by atoms with van der Waals surface area (Å²) in [5.74, 6) is 0.106. The van der Waals surface area contributed by atoms with Crippen LogP contribution in [0.5, 0.6) is 0 Å². The summed E-state index contributed by atoms with van der Waals surface area (Å²) >= 11 is 0. The molecule has 25 heavy (non-hydrogen) atoms. The van der Waals surface area contributed by atoms with Crippen molar-refractivity contribution in [2.45, 2.75) is 26.0 Å². The average molecular weight is 342 g/mol. The monoisotopic (exact) mass is 342 g/mol. The molecule has 2 heterocycles. The van der Waals surface area contributed by atoms with E-state index >= 15 is 0 Å². The molecule has 0 bridgehead atoms. The molecule has 0 aliphatic carbocycles. The number of furan rings is 1. The van der Waals surface area contributed by atoms with Gasteiger partial charge in [-0.3, -0.25) is 9.59 Å². The van der Waals surface area contributed by atoms with Crippen LogP contribution in [0.15, 0.2) is 53.1 Å². The van der Waals surface area contributed by atoms with Gasteiger partial charge in [0.05, 0.1) is 24.8 Å². The van der Waals surface area contributed by atoms with E-state index < -0.39 is 0 Å². The number of carbonyl (C=O) groups excluding carboxylic acids is 2. The second-order valence-corrected chi connectivity index (χ2v) is 6.16. The number of benzene rings is 1. The summed E-state index contributed by atoms with van der Waals surface area (Å²) in [7, 11) is 0. The zero-order valence-electron chi connectivity index (χ0n) is 14.2. The Bertz CT molecular complexity index is 699. The van der Waals surface area contributed by atoms with Crippen molar-refractivity contribution in [3.8, 4) is 0 Å². The minimum absolute atomic E-state index is 0.0301. The number of amides is 2. The zero-order valence-corrected chi connectivity index (χ0v) is 14.2. The van der Waals surface area contributed by atoms with E-state index in [0.29, 0.717) is 24.5 Å². The van der Waals surface area contributed by atoms with Crippen molar-refractivity contribution in [1.29, 1.82) is 0 Å². The van der Waals surface area contributed by atoms with Crippen LogP contribution in [0.2, 0.25) is 0 Å². The summed E-state index contributed by atoms with van der Waals surface area (Å²) in [5.41, 5.74) is 0.704. The van der Waals surface area contributed by atoms with Crippen LogP contribution >= 0.6 is 0 Å². The number of para-hydroxylation sites is 1. The van der Waals surface area contributed by atoms with Gasteiger partial charge in [0, 0.05) is 12.3 Å². The van der Waals surface area contributed by atoms with Crippen molar-refractivity contribution in [1.82, 2.24) is 4.90 Å². The SMILES string of the molecule is C[C@@H]1OCC[C@H]1C(=O)N(CC(=O)Nc1ccccc1)Cc1ccco1. The van der Waals surface area contributed by atoms with E-state index in [1.165, 1.54) is 4.90 Å². The number of hydrogen-bond donors (Lipinski definition) is 1. The second-order valence-electron chi connectivity index (χ2n) is 6.16. The third-order valence-electron chi connectivity index (χ3n) is 4.32. The van der Waals surface area contributed by atoms with E-state index in [1.54, 1.807) is 18.4 Å². The number of nitrogens with zero attached hydrogens (tertiary/aromatic N) is 1. The van der Waals surface area contributed by atoms with E-state index in [9.17, 15) is 9.59 Å². The largest absolute Gasteiger partial charge is 0.467 e. The van der Waals surface area contributed by atoms with Crippen molar-refractivity contribution >= 4 is 17.5 Å². The van der Waals surface area contributed by atoms with Gasteiger partial charge in [0.25, 0.3) is 0 Å². The number of rotatable bonds is 6. The maximum Gasteiger partial charge on any atom is 0.244 e. The molecule has 3 rings (SSSR count). The smallest absolute Gasteiger partial charge is 0.244 e. The normalized spacial score (nSPS) is 19.6. The Balaban J connectivity index is 1.69. The van der Waals surface area contributed by atoms with E-state index in [0.717, 1.165) is 0 Å². The Kier molecular flexibility index (Phi) is 5.50. The lowest BCUT2D eigenvalue weighted by Crippen LogP contribution is -2.42. The van der Waals surface area contributed by atoms with Gasteiger partial charge in [-0.2, -0.15) is 0 Å². The molecule has 132 valence electrons. The van der Waals surface area contributed by atoms with Crippen LogP contribution in [0.25, 0.3) is 0 Å². The highest BCUT2D eigenvalue weighted by molar-refractivity contribution is 5.94. The molecule has 1 aromatic carbocycles. The predicted octanol–water partition coefficient (Wildman–Crippen LogP) is 2.67. The first kappa shape index (κ1) is 17.2. The van der Waals surface area contributed by atoms with Gasteiger partial charge in [0.15, 0.2) is 0 Å². The summed E-state index contributed by atoms with van der Waals surface area (Å²) in [6, 6.07) is 12.8. The van der Waals surface area contributed by atoms with Crippen molar-refractivity contribution in [3.05, 3.63) is 54.5 Å². The minimum atomic E-state index is -0.238. The van der Waals surface area contributed by atoms with Gasteiger partial charge < -0.3 is 19.4 Å². The summed E-state index contributed by atoms with van der Waals surface area (Å²) in [4.78, 5) is 26.8. The maximum atomic E-state index is 12.9. The summed E-state index contributed by atoms with van der Waals surface area (Å²) in [6.45, 7) is 2.70. The predicted molar refractivity (Wildman–Crippen MR) is 92.7 cm³/mol. The quantitative estimate of drug-likeness (QED) is 0.876. The van der Waals surface area contributed by atoms with Crippen LogP contribution in [-0.2, 0) is 20.9 Å². The molecule has 2 aromatic rings. The standard InChI is InChI=1S/C19H22N2O4/c1-14-17(9-11-24-14)19(23)21(12-16-8-5-10-25-16)13-18(22)20-15-6-3-2-4-7-15/h2-8,10,14,17H,9,11-13H2,1H3,(H,20,22)/t14-,17+/m0/s1. The Morgan fingerprint density at radius 3 is 2.64 bits per heavy atom. The first-order chi connectivity index (χ1) is 12.1. The minimum Gasteiger partial charge on any atom is -0.467 e. The molecule has 6 nitrogen and oxygen atoms in total. The molecule has 2 atom stereocenters. The Hall–Kier alpha value is -2.60. The van der Waals surface area contributed by atoms with Crippen LogP contribution in [0, 0.1) is 5.92 Å². The Morgan fingerprint density at radius 1 is 1.20 bits per heavy atom. The fraction of sp³-hybridized carbons (Fsp3) is 0.368. The third kappa shape index (κ3) is 4.48. The molecule has 1 N–H and O–H groups in total. The molecular weight excluding hydrogens is 320 g/mol. The van der Waals surface area contributed by atoms with Gasteiger partial charge in [0.1, 0.15) is 12.3 Å². The first-order valence-corrected chi connectivity index (χ1v) is 8.41. The molecule has 1 aliphatic heterocycles. The van der Waals surface area contributed by atoms with Crippen LogP contribution in [0.4, 0.5) is 5.69 Å². The highest BCUT2D eigenvalue weighted by Crippen LogP contribution is 2.23. The molecule has 0 unspecified atom stereocenters. The molecule has 2 amide bonds. The number of carbonyl (C=O) groups is 2. The van der Waals surface area contributed by atoms with Gasteiger partial charge in [-0.1, -0.05) is 18.2 Å². The molecule has 1 saturated heterocycles. The molecule has 1 aromatic heterocycles. The fourth-order valence-corrected chi connectivity index (χ4v) is 2.99. The molecule has 0 saturated carbocycles. The van der Waals surface area contributed by atoms with Gasteiger partial charge in [-0.25, -0.2) is 0 Å². The van der Waals surface area contributed by atoms with Gasteiger partial charge in [-0.05, 0) is 37.6 Å². The average Bonchev–Trinajstić information content (AvgIpc) is 3.26. The lowest BCUT2D eigenvalue weighted by Gasteiger charge is -2.25. The van der Waals surface area contributed by atoms with E-state index in [1.807, 2.05) is 37.3 Å². The number of ether oxygens (including phenoxy) is 1. The zero-order chi connectivity index (χ0) is 17.6. The summed E-state index contributed by atoms with van der Waals surface area (Å²) in [6.07, 6.45) is 2.10. The van der Waals surface area contributed by atoms with Crippen molar-refractivity contribution in [2.75, 3.05) is 18.5 Å². The van der Waals surface area contributed by atoms with Crippen molar-refractivity contribution < 1.29 is 18.7 Å². The highest BCUT2D eigenvalue weighted by atomic mass is 16.5. The number of anilines is 1. The number of nitrogens with one attached hydrogen (secondary N) is 1. The highest BCUT2D eigenvalue weighted by Gasteiger charge is 2.34. The molecular formula is C19H22N2O4. The molecule has 1 aliphatic rings. The van der Waals surface area contributed by atoms with E-state index in [2.05, 4.69) is 5.32 Å². The van der Waals surface area contributed by atoms with Crippen LogP contribution in [0.1, 0.15) is 19.1 Å².